The van der Waals surface area contributed by atoms with Gasteiger partial charge in [-0.3, -0.25) is 4.79 Å². The molecular formula is C18H17N3O2. The number of nitrogens with one attached hydrogen (secondary N) is 2. The van der Waals surface area contributed by atoms with Gasteiger partial charge < -0.3 is 15.7 Å². The van der Waals surface area contributed by atoms with Crippen LogP contribution >= 0.6 is 0 Å². The Morgan fingerprint density at radius 2 is 1.83 bits per heavy atom. The van der Waals surface area contributed by atoms with Gasteiger partial charge in [0.25, 0.3) is 5.91 Å². The third-order valence-corrected chi connectivity index (χ3v) is 3.27. The van der Waals surface area contributed by atoms with Crippen molar-refractivity contribution < 1.29 is 9.90 Å². The summed E-state index contributed by atoms with van der Waals surface area (Å²) in [5, 5.41) is 24.0. The molecule has 0 aliphatic heterocycles. The van der Waals surface area contributed by atoms with Crippen LogP contribution in [0.4, 0.5) is 5.69 Å². The minimum absolute atomic E-state index is 0.0268. The lowest BCUT2D eigenvalue weighted by Gasteiger charge is -2.12. The summed E-state index contributed by atoms with van der Waals surface area (Å²) >= 11 is 0. The number of nitrogens with zero attached hydrogens (tertiary/aromatic N) is 1. The summed E-state index contributed by atoms with van der Waals surface area (Å²) in [7, 11) is 0. The average molecular weight is 307 g/mol. The molecule has 0 aromatic heterocycles. The molecule has 0 saturated carbocycles. The van der Waals surface area contributed by atoms with Gasteiger partial charge in [-0.25, -0.2) is 0 Å². The third kappa shape index (κ3) is 4.61. The van der Waals surface area contributed by atoms with E-state index < -0.39 is 5.91 Å². The Hall–Kier alpha value is -3.26. The van der Waals surface area contributed by atoms with Gasteiger partial charge in [-0.2, -0.15) is 5.26 Å². The van der Waals surface area contributed by atoms with Gasteiger partial charge in [0.1, 0.15) is 17.4 Å². The van der Waals surface area contributed by atoms with Crippen molar-refractivity contribution in [3.8, 4) is 11.8 Å². The molecule has 1 amide bonds. The summed E-state index contributed by atoms with van der Waals surface area (Å²) < 4.78 is 0. The van der Waals surface area contributed by atoms with E-state index in [1.54, 1.807) is 12.1 Å². The molecule has 0 saturated heterocycles. The number of carbonyl (C=O) groups excluding carboxylic acids is 1. The fourth-order valence-electron chi connectivity index (χ4n) is 1.94. The second-order valence-electron chi connectivity index (χ2n) is 4.97. The molecular weight excluding hydrogens is 290 g/mol. The van der Waals surface area contributed by atoms with Gasteiger partial charge in [0.2, 0.25) is 0 Å². The van der Waals surface area contributed by atoms with E-state index in [1.165, 1.54) is 18.3 Å². The van der Waals surface area contributed by atoms with Crippen molar-refractivity contribution in [1.29, 1.82) is 5.26 Å². The van der Waals surface area contributed by atoms with E-state index in [0.717, 1.165) is 5.56 Å². The van der Waals surface area contributed by atoms with Crippen LogP contribution in [0.15, 0.2) is 66.4 Å². The van der Waals surface area contributed by atoms with Crippen LogP contribution in [0.1, 0.15) is 18.5 Å². The first kappa shape index (κ1) is 16.1. The van der Waals surface area contributed by atoms with Gasteiger partial charge in [-0.15, -0.1) is 0 Å². The maximum atomic E-state index is 12.1. The molecule has 0 aliphatic carbocycles. The number of rotatable bonds is 5. The van der Waals surface area contributed by atoms with Crippen LogP contribution in [-0.2, 0) is 4.79 Å². The summed E-state index contributed by atoms with van der Waals surface area (Å²) in [6.45, 7) is 1.94. The first-order chi connectivity index (χ1) is 11.1. The van der Waals surface area contributed by atoms with Crippen molar-refractivity contribution in [2.45, 2.75) is 13.0 Å². The number of nitriles is 1. The van der Waals surface area contributed by atoms with Crippen molar-refractivity contribution in [2.75, 3.05) is 5.32 Å². The zero-order valence-corrected chi connectivity index (χ0v) is 12.7. The number of amides is 1. The molecule has 0 spiro atoms. The Bertz CT molecular complexity index is 731. The van der Waals surface area contributed by atoms with Gasteiger partial charge in [-0.1, -0.05) is 30.3 Å². The Morgan fingerprint density at radius 3 is 2.43 bits per heavy atom. The topological polar surface area (TPSA) is 85.2 Å². The molecule has 0 fully saturated rings. The highest BCUT2D eigenvalue weighted by Gasteiger charge is 2.10. The zero-order chi connectivity index (χ0) is 16.7. The lowest BCUT2D eigenvalue weighted by molar-refractivity contribution is -0.112. The van der Waals surface area contributed by atoms with E-state index in [1.807, 2.05) is 43.3 Å². The first-order valence-electron chi connectivity index (χ1n) is 7.12. The predicted octanol–water partition coefficient (Wildman–Crippen LogP) is 3.09. The van der Waals surface area contributed by atoms with Crippen molar-refractivity contribution >= 4 is 11.6 Å². The van der Waals surface area contributed by atoms with E-state index in [0.29, 0.717) is 5.69 Å². The Labute approximate surface area is 134 Å². The number of phenolic OH excluding ortho intramolecular Hbond substituents is 1. The summed E-state index contributed by atoms with van der Waals surface area (Å²) in [5.41, 5.74) is 1.53. The molecule has 23 heavy (non-hydrogen) atoms. The van der Waals surface area contributed by atoms with Gasteiger partial charge in [0.05, 0.1) is 0 Å². The van der Waals surface area contributed by atoms with E-state index in [4.69, 9.17) is 5.26 Å². The SMILES string of the molecule is CC(N/C=C(/C#N)C(=O)Nc1ccc(O)cc1)c1ccccc1. The van der Waals surface area contributed by atoms with Crippen LogP contribution in [0.3, 0.4) is 0 Å². The summed E-state index contributed by atoms with van der Waals surface area (Å²) in [6.07, 6.45) is 1.41. The smallest absolute Gasteiger partial charge is 0.267 e. The predicted molar refractivity (Wildman–Crippen MR) is 88.4 cm³/mol. The largest absolute Gasteiger partial charge is 0.508 e. The molecule has 116 valence electrons. The van der Waals surface area contributed by atoms with Gasteiger partial charge in [0.15, 0.2) is 0 Å². The number of carbonyl (C=O) groups is 1. The Balaban J connectivity index is 2.02. The number of benzene rings is 2. The maximum absolute atomic E-state index is 12.1. The molecule has 2 aromatic rings. The molecule has 5 nitrogen and oxygen atoms in total. The molecule has 2 aromatic carbocycles. The standard InChI is InChI=1S/C18H17N3O2/c1-13(14-5-3-2-4-6-14)20-12-15(11-19)18(23)21-16-7-9-17(22)10-8-16/h2-10,12-13,20,22H,1H3,(H,21,23)/b15-12-. The number of hydrogen-bond acceptors (Lipinski definition) is 4. The Morgan fingerprint density at radius 1 is 1.17 bits per heavy atom. The Kier molecular flexibility index (Phi) is 5.37. The van der Waals surface area contributed by atoms with Crippen LogP contribution < -0.4 is 10.6 Å². The quantitative estimate of drug-likeness (QED) is 0.450. The van der Waals surface area contributed by atoms with Crippen molar-refractivity contribution in [3.63, 3.8) is 0 Å². The molecule has 1 atom stereocenters. The fourth-order valence-corrected chi connectivity index (χ4v) is 1.94. The summed E-state index contributed by atoms with van der Waals surface area (Å²) in [5.74, 6) is -0.400. The minimum Gasteiger partial charge on any atom is -0.508 e. The molecule has 0 aliphatic rings. The summed E-state index contributed by atoms with van der Waals surface area (Å²) in [6, 6.07) is 17.6. The lowest BCUT2D eigenvalue weighted by Crippen LogP contribution is -2.18. The monoisotopic (exact) mass is 307 g/mol. The number of anilines is 1. The first-order valence-corrected chi connectivity index (χ1v) is 7.12. The van der Waals surface area contributed by atoms with Gasteiger partial charge >= 0.3 is 0 Å². The number of phenols is 1. The van der Waals surface area contributed by atoms with Crippen LogP contribution in [0.5, 0.6) is 5.75 Å². The second kappa shape index (κ2) is 7.66. The molecule has 1 unspecified atom stereocenters. The highest BCUT2D eigenvalue weighted by atomic mass is 16.3. The second-order valence-corrected chi connectivity index (χ2v) is 4.97. The maximum Gasteiger partial charge on any atom is 0.267 e. The van der Waals surface area contributed by atoms with Crippen molar-refractivity contribution in [2.24, 2.45) is 0 Å². The molecule has 0 heterocycles. The van der Waals surface area contributed by atoms with E-state index >= 15 is 0 Å². The zero-order valence-electron chi connectivity index (χ0n) is 12.7. The normalized spacial score (nSPS) is 12.1. The highest BCUT2D eigenvalue weighted by Crippen LogP contribution is 2.15. The van der Waals surface area contributed by atoms with Crippen LogP contribution in [-0.4, -0.2) is 11.0 Å². The van der Waals surface area contributed by atoms with E-state index in [2.05, 4.69) is 10.6 Å². The van der Waals surface area contributed by atoms with Gasteiger partial charge in [0, 0.05) is 17.9 Å². The van der Waals surface area contributed by atoms with Crippen molar-refractivity contribution in [1.82, 2.24) is 5.32 Å². The van der Waals surface area contributed by atoms with Gasteiger partial charge in [-0.05, 0) is 36.8 Å². The van der Waals surface area contributed by atoms with Crippen LogP contribution in [0.25, 0.3) is 0 Å². The van der Waals surface area contributed by atoms with Crippen LogP contribution in [0, 0.1) is 11.3 Å². The lowest BCUT2D eigenvalue weighted by atomic mass is 10.1. The average Bonchev–Trinajstić information content (AvgIpc) is 2.58. The summed E-state index contributed by atoms with van der Waals surface area (Å²) in [4.78, 5) is 12.1. The van der Waals surface area contributed by atoms with E-state index in [-0.39, 0.29) is 17.4 Å². The number of aromatic hydroxyl groups is 1. The molecule has 0 radical (unpaired) electrons. The van der Waals surface area contributed by atoms with Crippen LogP contribution in [0.2, 0.25) is 0 Å². The fraction of sp³-hybridized carbons (Fsp3) is 0.111. The molecule has 5 heteroatoms. The van der Waals surface area contributed by atoms with Crippen molar-refractivity contribution in [3.05, 3.63) is 71.9 Å². The molecule has 2 rings (SSSR count). The minimum atomic E-state index is -0.508. The highest BCUT2D eigenvalue weighted by molar-refractivity contribution is 6.06. The molecule has 0 bridgehead atoms. The van der Waals surface area contributed by atoms with E-state index in [9.17, 15) is 9.90 Å². The number of hydrogen-bond donors (Lipinski definition) is 3. The molecule has 3 N–H and O–H groups in total. The third-order valence-electron chi connectivity index (χ3n) is 3.27.